The molecule has 0 atom stereocenters. The second-order valence-electron chi connectivity index (χ2n) is 8.73. The maximum atomic E-state index is 13.5. The standard InChI is InChI=1S/C29H29N3O3S/c1-19-5-7-23(8-6-19)17-30-27(33)18-36-29-31-26(16-22-9-11-25(35-4)12-10-22)28(34)32(29)24-14-20(2)13-21(3)15-24/h5-16H,17-18H2,1-4H3,(H,30,33)/b26-16-. The van der Waals surface area contributed by atoms with Crippen molar-refractivity contribution in [3.63, 3.8) is 0 Å². The number of nitrogens with one attached hydrogen (secondary N) is 1. The normalized spacial score (nSPS) is 14.2. The predicted molar refractivity (Wildman–Crippen MR) is 147 cm³/mol. The van der Waals surface area contributed by atoms with Crippen LogP contribution in [-0.2, 0) is 16.1 Å². The molecule has 0 fully saturated rings. The summed E-state index contributed by atoms with van der Waals surface area (Å²) in [5.41, 5.74) is 6.20. The molecule has 0 saturated carbocycles. The van der Waals surface area contributed by atoms with Gasteiger partial charge in [-0.1, -0.05) is 59.8 Å². The number of hydrogen-bond donors (Lipinski definition) is 1. The van der Waals surface area contributed by atoms with E-state index >= 15 is 0 Å². The number of thioether (sulfide) groups is 1. The Balaban J connectivity index is 1.53. The fraction of sp³-hybridized carbons (Fsp3) is 0.207. The molecular formula is C29H29N3O3S. The molecule has 0 unspecified atom stereocenters. The van der Waals surface area contributed by atoms with E-state index in [4.69, 9.17) is 4.74 Å². The molecule has 1 aliphatic rings. The van der Waals surface area contributed by atoms with Crippen molar-refractivity contribution in [3.8, 4) is 5.75 Å². The summed E-state index contributed by atoms with van der Waals surface area (Å²) in [6.07, 6.45) is 1.75. The average molecular weight is 500 g/mol. The first-order chi connectivity index (χ1) is 17.3. The van der Waals surface area contributed by atoms with Gasteiger partial charge in [-0.2, -0.15) is 0 Å². The summed E-state index contributed by atoms with van der Waals surface area (Å²) in [6.45, 7) is 6.47. The molecule has 0 saturated heterocycles. The maximum Gasteiger partial charge on any atom is 0.283 e. The van der Waals surface area contributed by atoms with Crippen molar-refractivity contribution < 1.29 is 14.3 Å². The van der Waals surface area contributed by atoms with E-state index in [-0.39, 0.29) is 17.6 Å². The highest BCUT2D eigenvalue weighted by molar-refractivity contribution is 8.14. The van der Waals surface area contributed by atoms with Crippen molar-refractivity contribution in [2.24, 2.45) is 4.99 Å². The fourth-order valence-corrected chi connectivity index (χ4v) is 4.69. The zero-order valence-electron chi connectivity index (χ0n) is 20.9. The van der Waals surface area contributed by atoms with Gasteiger partial charge in [0.25, 0.3) is 5.91 Å². The number of carbonyl (C=O) groups excluding carboxylic acids is 2. The molecule has 7 heteroatoms. The number of amidine groups is 1. The molecule has 0 aromatic heterocycles. The molecule has 1 N–H and O–H groups in total. The van der Waals surface area contributed by atoms with Gasteiger partial charge in [-0.15, -0.1) is 0 Å². The molecule has 1 heterocycles. The van der Waals surface area contributed by atoms with Gasteiger partial charge in [0.15, 0.2) is 5.17 Å². The Morgan fingerprint density at radius 2 is 1.64 bits per heavy atom. The van der Waals surface area contributed by atoms with Crippen LogP contribution in [0.4, 0.5) is 5.69 Å². The number of rotatable bonds is 7. The van der Waals surface area contributed by atoms with Crippen molar-refractivity contribution in [1.29, 1.82) is 0 Å². The summed E-state index contributed by atoms with van der Waals surface area (Å²) in [4.78, 5) is 32.3. The minimum atomic E-state index is -0.224. The number of aryl methyl sites for hydroxylation is 3. The van der Waals surface area contributed by atoms with Crippen molar-refractivity contribution in [3.05, 3.63) is 100 Å². The number of nitrogens with zero attached hydrogens (tertiary/aromatic N) is 2. The Hall–Kier alpha value is -3.84. The summed E-state index contributed by atoms with van der Waals surface area (Å²) in [5.74, 6) is 0.542. The first-order valence-electron chi connectivity index (χ1n) is 11.6. The van der Waals surface area contributed by atoms with Gasteiger partial charge in [-0.05, 0) is 73.4 Å². The zero-order valence-corrected chi connectivity index (χ0v) is 21.7. The van der Waals surface area contributed by atoms with Crippen molar-refractivity contribution in [2.75, 3.05) is 17.8 Å². The molecule has 6 nitrogen and oxygen atoms in total. The lowest BCUT2D eigenvalue weighted by Gasteiger charge is -2.19. The number of ether oxygens (including phenoxy) is 1. The molecule has 2 amide bonds. The second-order valence-corrected chi connectivity index (χ2v) is 9.68. The Morgan fingerprint density at radius 3 is 2.28 bits per heavy atom. The van der Waals surface area contributed by atoms with Crippen LogP contribution < -0.4 is 15.0 Å². The van der Waals surface area contributed by atoms with Gasteiger partial charge >= 0.3 is 0 Å². The quantitative estimate of drug-likeness (QED) is 0.441. The Morgan fingerprint density at radius 1 is 0.972 bits per heavy atom. The van der Waals surface area contributed by atoms with Crippen LogP contribution in [-0.4, -0.2) is 29.8 Å². The van der Waals surface area contributed by atoms with Crippen LogP contribution in [0.3, 0.4) is 0 Å². The average Bonchev–Trinajstić information content (AvgIpc) is 3.17. The molecule has 184 valence electrons. The molecule has 3 aromatic carbocycles. The third-order valence-corrected chi connectivity index (χ3v) is 6.59. The highest BCUT2D eigenvalue weighted by Gasteiger charge is 2.32. The molecule has 0 bridgehead atoms. The molecule has 0 spiro atoms. The Labute approximate surface area is 216 Å². The van der Waals surface area contributed by atoms with E-state index in [1.165, 1.54) is 17.3 Å². The number of benzene rings is 3. The summed E-state index contributed by atoms with van der Waals surface area (Å²) in [5, 5.41) is 3.43. The third-order valence-electron chi connectivity index (χ3n) is 5.66. The first kappa shape index (κ1) is 25.3. The first-order valence-corrected chi connectivity index (χ1v) is 12.6. The summed E-state index contributed by atoms with van der Waals surface area (Å²) in [6, 6.07) is 21.4. The number of methoxy groups -OCH3 is 1. The van der Waals surface area contributed by atoms with Crippen LogP contribution in [0.15, 0.2) is 77.4 Å². The van der Waals surface area contributed by atoms with Crippen molar-refractivity contribution in [2.45, 2.75) is 27.3 Å². The number of carbonyl (C=O) groups is 2. The van der Waals surface area contributed by atoms with Gasteiger partial charge in [-0.25, -0.2) is 4.99 Å². The minimum Gasteiger partial charge on any atom is -0.497 e. The summed E-state index contributed by atoms with van der Waals surface area (Å²) < 4.78 is 5.22. The van der Waals surface area contributed by atoms with E-state index in [0.717, 1.165) is 33.7 Å². The van der Waals surface area contributed by atoms with E-state index < -0.39 is 0 Å². The Bertz CT molecular complexity index is 1310. The van der Waals surface area contributed by atoms with Crippen LogP contribution in [0.25, 0.3) is 6.08 Å². The highest BCUT2D eigenvalue weighted by atomic mass is 32.2. The van der Waals surface area contributed by atoms with Crippen molar-refractivity contribution >= 4 is 40.5 Å². The zero-order chi connectivity index (χ0) is 25.7. The number of hydrogen-bond acceptors (Lipinski definition) is 5. The molecular weight excluding hydrogens is 470 g/mol. The Kier molecular flexibility index (Phi) is 7.90. The van der Waals surface area contributed by atoms with Gasteiger partial charge < -0.3 is 10.1 Å². The van der Waals surface area contributed by atoms with Gasteiger partial charge in [0.05, 0.1) is 18.6 Å². The molecule has 0 radical (unpaired) electrons. The lowest BCUT2D eigenvalue weighted by atomic mass is 10.1. The van der Waals surface area contributed by atoms with E-state index in [9.17, 15) is 9.59 Å². The second kappa shape index (κ2) is 11.3. The summed E-state index contributed by atoms with van der Waals surface area (Å²) in [7, 11) is 1.61. The van der Waals surface area contributed by atoms with Gasteiger partial charge in [0.2, 0.25) is 5.91 Å². The highest BCUT2D eigenvalue weighted by Crippen LogP contribution is 2.31. The number of anilines is 1. The van der Waals surface area contributed by atoms with Gasteiger partial charge in [0.1, 0.15) is 11.4 Å². The predicted octanol–water partition coefficient (Wildman–Crippen LogP) is 5.41. The number of aliphatic imine (C=N–C) groups is 1. The molecule has 3 aromatic rings. The van der Waals surface area contributed by atoms with Crippen LogP contribution >= 0.6 is 11.8 Å². The van der Waals surface area contributed by atoms with Gasteiger partial charge in [-0.3, -0.25) is 14.5 Å². The van der Waals surface area contributed by atoms with Gasteiger partial charge in [0, 0.05) is 6.54 Å². The SMILES string of the molecule is COc1ccc(/C=C2\N=C(SCC(=O)NCc3ccc(C)cc3)N(c3cc(C)cc(C)c3)C2=O)cc1. The molecule has 1 aliphatic heterocycles. The van der Waals surface area contributed by atoms with Crippen LogP contribution in [0.1, 0.15) is 27.8 Å². The lowest BCUT2D eigenvalue weighted by molar-refractivity contribution is -0.118. The largest absolute Gasteiger partial charge is 0.497 e. The van der Waals surface area contributed by atoms with E-state index in [0.29, 0.717) is 17.4 Å². The third kappa shape index (κ3) is 6.23. The topological polar surface area (TPSA) is 71.0 Å². The maximum absolute atomic E-state index is 13.5. The molecule has 36 heavy (non-hydrogen) atoms. The van der Waals surface area contributed by atoms with Crippen LogP contribution in [0.2, 0.25) is 0 Å². The molecule has 4 rings (SSSR count). The minimum absolute atomic E-state index is 0.122. The van der Waals surface area contributed by atoms with E-state index in [2.05, 4.69) is 16.4 Å². The lowest BCUT2D eigenvalue weighted by Crippen LogP contribution is -2.32. The van der Waals surface area contributed by atoms with Crippen LogP contribution in [0.5, 0.6) is 5.75 Å². The van der Waals surface area contributed by atoms with E-state index in [1.54, 1.807) is 18.1 Å². The number of amides is 2. The summed E-state index contributed by atoms with van der Waals surface area (Å²) >= 11 is 1.25. The molecule has 0 aliphatic carbocycles. The van der Waals surface area contributed by atoms with E-state index in [1.807, 2.05) is 81.4 Å². The monoisotopic (exact) mass is 499 g/mol. The van der Waals surface area contributed by atoms with Crippen molar-refractivity contribution in [1.82, 2.24) is 5.32 Å². The smallest absolute Gasteiger partial charge is 0.283 e. The fourth-order valence-electron chi connectivity index (χ4n) is 3.85. The van der Waals surface area contributed by atoms with Crippen LogP contribution in [0, 0.1) is 20.8 Å².